The van der Waals surface area contributed by atoms with Crippen molar-refractivity contribution in [3.63, 3.8) is 0 Å². The smallest absolute Gasteiger partial charge is 0.306 e. The summed E-state index contributed by atoms with van der Waals surface area (Å²) in [6.45, 7) is 6.42. The van der Waals surface area contributed by atoms with Crippen molar-refractivity contribution in [3.8, 4) is 0 Å². The SMILES string of the molecule is CC/C=C\C/C=C\C/C=C\C/C=C\CCCCCCCCCCCCC(=O)OCC(COC(=O)CCCCCCCCCCC/C=C\C/C=C\CCCCC)OC(=O)CCCCCCCCCCCC/C=C\C/C=C\C/C=C\C/C=C\CC. The molecule has 0 N–H and O–H groups in total. The van der Waals surface area contributed by atoms with Crippen LogP contribution in [-0.2, 0) is 28.6 Å². The Morgan fingerprint density at radius 2 is 0.470 bits per heavy atom. The van der Waals surface area contributed by atoms with E-state index in [4.69, 9.17) is 14.2 Å². The Bertz CT molecular complexity index is 1700. The van der Waals surface area contributed by atoms with E-state index in [1.54, 1.807) is 0 Å². The summed E-state index contributed by atoms with van der Waals surface area (Å²) >= 11 is 0. The monoisotopic (exact) mass is 1150 g/mol. The molecule has 0 saturated carbocycles. The van der Waals surface area contributed by atoms with Gasteiger partial charge >= 0.3 is 17.9 Å². The maximum absolute atomic E-state index is 13.0. The van der Waals surface area contributed by atoms with Crippen LogP contribution in [0.5, 0.6) is 0 Å². The summed E-state index contributed by atoms with van der Waals surface area (Å²) in [5.74, 6) is -0.884. The molecule has 0 aliphatic rings. The molecular formula is C77H130O6. The highest BCUT2D eigenvalue weighted by Gasteiger charge is 2.19. The molecule has 0 aromatic rings. The molecule has 0 aromatic heterocycles. The third-order valence-corrected chi connectivity index (χ3v) is 14.9. The number of hydrogen-bond donors (Lipinski definition) is 0. The molecule has 0 fully saturated rings. The van der Waals surface area contributed by atoms with Gasteiger partial charge in [0.05, 0.1) is 0 Å². The molecule has 0 aliphatic carbocycles. The second kappa shape index (κ2) is 70.3. The maximum atomic E-state index is 13.0. The summed E-state index contributed by atoms with van der Waals surface area (Å²) in [5.41, 5.74) is 0. The van der Waals surface area contributed by atoms with Gasteiger partial charge < -0.3 is 14.2 Å². The Labute approximate surface area is 513 Å². The Morgan fingerprint density at radius 3 is 0.735 bits per heavy atom. The molecule has 0 bridgehead atoms. The van der Waals surface area contributed by atoms with Crippen LogP contribution in [0.1, 0.15) is 329 Å². The van der Waals surface area contributed by atoms with E-state index < -0.39 is 6.10 Å². The van der Waals surface area contributed by atoms with Crippen LogP contribution in [0.4, 0.5) is 0 Å². The van der Waals surface area contributed by atoms with Gasteiger partial charge in [0.25, 0.3) is 0 Å². The fraction of sp³-hybridized carbons (Fsp3) is 0.701. The molecule has 0 heterocycles. The van der Waals surface area contributed by atoms with E-state index in [1.165, 1.54) is 173 Å². The number of carbonyl (C=O) groups excluding carboxylic acids is 3. The molecule has 1 atom stereocenters. The molecule has 0 spiro atoms. The highest BCUT2D eigenvalue weighted by molar-refractivity contribution is 5.71. The summed E-state index contributed by atoms with van der Waals surface area (Å²) in [5, 5.41) is 0. The normalized spacial score (nSPS) is 12.9. The molecule has 0 radical (unpaired) electrons. The summed E-state index contributed by atoms with van der Waals surface area (Å²) < 4.78 is 17.0. The van der Waals surface area contributed by atoms with Crippen LogP contribution in [-0.4, -0.2) is 37.2 Å². The molecule has 0 saturated heterocycles. The average Bonchev–Trinajstić information content (AvgIpc) is 3.49. The van der Waals surface area contributed by atoms with Gasteiger partial charge in [-0.05, 0) is 128 Å². The minimum absolute atomic E-state index is 0.0838. The van der Waals surface area contributed by atoms with Crippen molar-refractivity contribution >= 4 is 17.9 Å². The first kappa shape index (κ1) is 78.8. The molecule has 6 heteroatoms. The predicted molar refractivity (Wildman–Crippen MR) is 362 cm³/mol. The minimum Gasteiger partial charge on any atom is -0.462 e. The number of carbonyl (C=O) groups is 3. The second-order valence-electron chi connectivity index (χ2n) is 23.0. The lowest BCUT2D eigenvalue weighted by Crippen LogP contribution is -2.30. The van der Waals surface area contributed by atoms with Gasteiger partial charge in [0.1, 0.15) is 13.2 Å². The molecular weight excluding hydrogens is 1020 g/mol. The topological polar surface area (TPSA) is 78.9 Å². The Morgan fingerprint density at radius 1 is 0.253 bits per heavy atom. The van der Waals surface area contributed by atoms with Crippen LogP contribution in [0.2, 0.25) is 0 Å². The van der Waals surface area contributed by atoms with Gasteiger partial charge in [0.2, 0.25) is 0 Å². The number of unbranched alkanes of at least 4 members (excludes halogenated alkanes) is 32. The van der Waals surface area contributed by atoms with Crippen molar-refractivity contribution in [2.75, 3.05) is 13.2 Å². The summed E-state index contributed by atoms with van der Waals surface area (Å²) in [7, 11) is 0. The third-order valence-electron chi connectivity index (χ3n) is 14.9. The zero-order valence-corrected chi connectivity index (χ0v) is 54.4. The van der Waals surface area contributed by atoms with Crippen LogP contribution >= 0.6 is 0 Å². The van der Waals surface area contributed by atoms with E-state index in [-0.39, 0.29) is 31.1 Å². The first-order valence-corrected chi connectivity index (χ1v) is 35.0. The first-order valence-electron chi connectivity index (χ1n) is 35.0. The third kappa shape index (κ3) is 68.5. The van der Waals surface area contributed by atoms with Crippen molar-refractivity contribution in [2.45, 2.75) is 335 Å². The zero-order valence-electron chi connectivity index (χ0n) is 54.4. The number of ether oxygens (including phenoxy) is 3. The van der Waals surface area contributed by atoms with Gasteiger partial charge in [-0.3, -0.25) is 14.4 Å². The summed E-state index contributed by atoms with van der Waals surface area (Å²) in [6.07, 6.45) is 97.8. The van der Waals surface area contributed by atoms with Crippen LogP contribution in [0.15, 0.2) is 122 Å². The number of esters is 3. The van der Waals surface area contributed by atoms with Crippen LogP contribution < -0.4 is 0 Å². The molecule has 0 rings (SSSR count). The maximum Gasteiger partial charge on any atom is 0.306 e. The lowest BCUT2D eigenvalue weighted by atomic mass is 10.0. The van der Waals surface area contributed by atoms with Gasteiger partial charge in [-0.2, -0.15) is 0 Å². The predicted octanol–water partition coefficient (Wildman–Crippen LogP) is 24.3. The molecule has 83 heavy (non-hydrogen) atoms. The van der Waals surface area contributed by atoms with Gasteiger partial charge in [0, 0.05) is 19.3 Å². The van der Waals surface area contributed by atoms with Crippen molar-refractivity contribution < 1.29 is 28.6 Å². The van der Waals surface area contributed by atoms with Gasteiger partial charge in [-0.25, -0.2) is 0 Å². The van der Waals surface area contributed by atoms with Crippen LogP contribution in [0.25, 0.3) is 0 Å². The molecule has 6 nitrogen and oxygen atoms in total. The van der Waals surface area contributed by atoms with Gasteiger partial charge in [0.15, 0.2) is 6.10 Å². The van der Waals surface area contributed by atoms with Crippen LogP contribution in [0, 0.1) is 0 Å². The highest BCUT2D eigenvalue weighted by Crippen LogP contribution is 2.17. The van der Waals surface area contributed by atoms with Crippen molar-refractivity contribution in [1.82, 2.24) is 0 Å². The second-order valence-corrected chi connectivity index (χ2v) is 23.0. The number of allylic oxidation sites excluding steroid dienone is 20. The van der Waals surface area contributed by atoms with Gasteiger partial charge in [-0.1, -0.05) is 303 Å². The quantitative estimate of drug-likeness (QED) is 0.0261. The Hall–Kier alpha value is -4.19. The van der Waals surface area contributed by atoms with E-state index in [0.29, 0.717) is 19.3 Å². The summed E-state index contributed by atoms with van der Waals surface area (Å²) in [4.78, 5) is 38.5. The van der Waals surface area contributed by atoms with Crippen LogP contribution in [0.3, 0.4) is 0 Å². The fourth-order valence-electron chi connectivity index (χ4n) is 9.75. The van der Waals surface area contributed by atoms with E-state index >= 15 is 0 Å². The number of rotatable bonds is 63. The standard InChI is InChI=1S/C77H130O6/c1-4-7-10-13-16-19-22-25-28-31-34-36-38-40-43-46-49-52-55-58-61-64-67-70-76(79)82-73-74(72-81-75(78)69-66-63-60-57-54-51-48-45-42-33-30-27-24-21-18-15-12-9-6-3)83-77(80)71-68-65-62-59-56-53-50-47-44-41-39-37-35-32-29-26-23-20-17-14-11-8-5-2/h7-8,10-11,16-21,25-30,34-37,74H,4-6,9,12-15,22-24,31-33,38-73H2,1-3H3/b10-7-,11-8-,19-16-,20-17-,21-18-,28-25-,29-26-,30-27-,36-34-,37-35-. The van der Waals surface area contributed by atoms with Crippen molar-refractivity contribution in [3.05, 3.63) is 122 Å². The lowest BCUT2D eigenvalue weighted by Gasteiger charge is -2.18. The van der Waals surface area contributed by atoms with Gasteiger partial charge in [-0.15, -0.1) is 0 Å². The summed E-state index contributed by atoms with van der Waals surface area (Å²) in [6, 6.07) is 0. The van der Waals surface area contributed by atoms with Crippen molar-refractivity contribution in [2.24, 2.45) is 0 Å². The largest absolute Gasteiger partial charge is 0.462 e. The molecule has 0 amide bonds. The molecule has 1 unspecified atom stereocenters. The first-order chi connectivity index (χ1) is 41.0. The molecule has 0 aliphatic heterocycles. The van der Waals surface area contributed by atoms with E-state index in [1.807, 2.05) is 0 Å². The lowest BCUT2D eigenvalue weighted by molar-refractivity contribution is -0.167. The van der Waals surface area contributed by atoms with Crippen molar-refractivity contribution in [1.29, 1.82) is 0 Å². The molecule has 0 aromatic carbocycles. The number of hydrogen-bond acceptors (Lipinski definition) is 6. The average molecular weight is 1150 g/mol. The fourth-order valence-corrected chi connectivity index (χ4v) is 9.75. The minimum atomic E-state index is -0.789. The Balaban J connectivity index is 4.40. The van der Waals surface area contributed by atoms with E-state index in [9.17, 15) is 14.4 Å². The van der Waals surface area contributed by atoms with E-state index in [0.717, 1.165) is 116 Å². The highest BCUT2D eigenvalue weighted by atomic mass is 16.6. The Kier molecular flexibility index (Phi) is 66.7. The van der Waals surface area contributed by atoms with E-state index in [2.05, 4.69) is 142 Å². The molecule has 474 valence electrons. The zero-order chi connectivity index (χ0) is 59.9.